The van der Waals surface area contributed by atoms with Gasteiger partial charge in [0.15, 0.2) is 9.84 Å². The Kier molecular flexibility index (Phi) is 10.1. The van der Waals surface area contributed by atoms with Crippen molar-refractivity contribution < 1.29 is 36.0 Å². The molecule has 39 heavy (non-hydrogen) atoms. The number of carbonyl (C=O) groups excluding carboxylic acids is 3. The van der Waals surface area contributed by atoms with Crippen molar-refractivity contribution in [3.8, 4) is 0 Å². The van der Waals surface area contributed by atoms with E-state index in [0.717, 1.165) is 17.0 Å². The summed E-state index contributed by atoms with van der Waals surface area (Å²) < 4.78 is 65.1. The molecule has 13 heteroatoms. The predicted octanol–water partition coefficient (Wildman–Crippen LogP) is 3.42. The molecule has 0 bridgehead atoms. The van der Waals surface area contributed by atoms with Crippen molar-refractivity contribution >= 4 is 39.3 Å². The fourth-order valence-corrected chi connectivity index (χ4v) is 6.66. The molecule has 3 N–H and O–H groups in total. The molecule has 8 nitrogen and oxygen atoms in total. The molecule has 0 radical (unpaired) electrons. The molecule has 0 aliphatic heterocycles. The van der Waals surface area contributed by atoms with E-state index in [1.807, 2.05) is 6.26 Å². The third kappa shape index (κ3) is 8.72. The molecule has 3 atom stereocenters. The zero-order chi connectivity index (χ0) is 28.8. The topological polar surface area (TPSA) is 121 Å². The summed E-state index contributed by atoms with van der Waals surface area (Å²) in [6, 6.07) is 9.47. The van der Waals surface area contributed by atoms with E-state index in [0.29, 0.717) is 25.3 Å². The van der Waals surface area contributed by atoms with Gasteiger partial charge in [0.05, 0.1) is 22.8 Å². The van der Waals surface area contributed by atoms with Gasteiger partial charge < -0.3 is 16.0 Å². The Bertz CT molecular complexity index is 1300. The summed E-state index contributed by atoms with van der Waals surface area (Å²) in [7, 11) is -3.68. The van der Waals surface area contributed by atoms with Crippen LogP contribution in [0.1, 0.15) is 42.1 Å². The van der Waals surface area contributed by atoms with Gasteiger partial charge >= 0.3 is 6.18 Å². The average Bonchev–Trinajstić information content (AvgIpc) is 2.88. The second-order valence-electron chi connectivity index (χ2n) is 9.36. The number of hydrogen-bond donors (Lipinski definition) is 3. The number of carbonyl (C=O) groups is 3. The number of sulfone groups is 1. The van der Waals surface area contributed by atoms with Crippen LogP contribution in [0.2, 0.25) is 0 Å². The van der Waals surface area contributed by atoms with Crippen LogP contribution in [-0.4, -0.2) is 56.8 Å². The first-order valence-corrected chi connectivity index (χ1v) is 15.0. The average molecular weight is 586 g/mol. The molecule has 1 aliphatic carbocycles. The molecule has 1 fully saturated rings. The normalized spacial score (nSPS) is 19.7. The molecule has 1 aliphatic rings. The molecule has 3 amide bonds. The molecule has 2 aromatic rings. The van der Waals surface area contributed by atoms with Crippen LogP contribution in [0.5, 0.6) is 0 Å². The highest BCUT2D eigenvalue weighted by Gasteiger charge is 2.35. The third-order valence-electron chi connectivity index (χ3n) is 6.46. The minimum Gasteiger partial charge on any atom is -0.354 e. The van der Waals surface area contributed by atoms with E-state index in [1.165, 1.54) is 24.8 Å². The molecule has 3 rings (SSSR count). The van der Waals surface area contributed by atoms with Gasteiger partial charge in [-0.05, 0) is 73.9 Å². The number of rotatable bonds is 9. The highest BCUT2D eigenvalue weighted by atomic mass is 32.2. The van der Waals surface area contributed by atoms with Crippen LogP contribution >= 0.6 is 11.8 Å². The Morgan fingerprint density at radius 3 is 2.33 bits per heavy atom. The standard InChI is InChI=1S/C26H30F3N3O5S2/c1-16(33)31-20-7-6-18(15-39(36,37)22-10-8-21(38-2)9-11-22)23(13-20)32-24(34)14-30-25(35)17-4-3-5-19(12-17)26(27,28)29/h3-5,8-12,18,20,23H,6-7,13-15H2,1-2H3,(H,30,35)(H,31,33)(H,32,34)/t18-,20+,23+/m1/s1. The zero-order valence-corrected chi connectivity index (χ0v) is 23.0. The van der Waals surface area contributed by atoms with Gasteiger partial charge in [-0.2, -0.15) is 13.2 Å². The van der Waals surface area contributed by atoms with E-state index in [9.17, 15) is 36.0 Å². The molecule has 212 valence electrons. The molecule has 1 saturated carbocycles. The summed E-state index contributed by atoms with van der Waals surface area (Å²) >= 11 is 1.49. The molecule has 0 saturated heterocycles. The Labute approximate surface area is 229 Å². The largest absolute Gasteiger partial charge is 0.416 e. The van der Waals surface area contributed by atoms with Crippen molar-refractivity contribution in [2.75, 3.05) is 18.6 Å². The lowest BCUT2D eigenvalue weighted by molar-refractivity contribution is -0.137. The Morgan fingerprint density at radius 2 is 1.72 bits per heavy atom. The Morgan fingerprint density at radius 1 is 1.03 bits per heavy atom. The van der Waals surface area contributed by atoms with E-state index in [1.54, 1.807) is 24.3 Å². The van der Waals surface area contributed by atoms with E-state index in [4.69, 9.17) is 0 Å². The SMILES string of the molecule is CSc1ccc(S(=O)(=O)C[C@H]2CC[C@H](NC(C)=O)C[C@@H]2NC(=O)CNC(=O)c2cccc(C(F)(F)F)c2)cc1. The zero-order valence-electron chi connectivity index (χ0n) is 21.4. The lowest BCUT2D eigenvalue weighted by atomic mass is 9.82. The van der Waals surface area contributed by atoms with Gasteiger partial charge in [-0.3, -0.25) is 14.4 Å². The lowest BCUT2D eigenvalue weighted by Crippen LogP contribution is -2.52. The van der Waals surface area contributed by atoms with E-state index in [-0.39, 0.29) is 28.2 Å². The fourth-order valence-electron chi connectivity index (χ4n) is 4.55. The Hall–Kier alpha value is -3.06. The number of amides is 3. The van der Waals surface area contributed by atoms with Gasteiger partial charge in [-0.1, -0.05) is 6.07 Å². The monoisotopic (exact) mass is 585 g/mol. The molecule has 0 aromatic heterocycles. The maximum atomic E-state index is 13.1. The highest BCUT2D eigenvalue weighted by Crippen LogP contribution is 2.30. The lowest BCUT2D eigenvalue weighted by Gasteiger charge is -2.36. The molecular formula is C26H30F3N3O5S2. The number of hydrogen-bond acceptors (Lipinski definition) is 6. The summed E-state index contributed by atoms with van der Waals surface area (Å²) in [4.78, 5) is 37.7. The maximum Gasteiger partial charge on any atom is 0.416 e. The quantitative estimate of drug-likeness (QED) is 0.388. The van der Waals surface area contributed by atoms with Gasteiger partial charge in [0.2, 0.25) is 11.8 Å². The van der Waals surface area contributed by atoms with Crippen LogP contribution in [0.3, 0.4) is 0 Å². The predicted molar refractivity (Wildman–Crippen MR) is 141 cm³/mol. The van der Waals surface area contributed by atoms with Crippen LogP contribution in [0.25, 0.3) is 0 Å². The number of benzene rings is 2. The van der Waals surface area contributed by atoms with Gasteiger partial charge in [-0.25, -0.2) is 8.42 Å². The van der Waals surface area contributed by atoms with Crippen molar-refractivity contribution in [2.24, 2.45) is 5.92 Å². The number of halogens is 3. The maximum absolute atomic E-state index is 13.1. The van der Waals surface area contributed by atoms with Gasteiger partial charge in [0.25, 0.3) is 5.91 Å². The van der Waals surface area contributed by atoms with E-state index in [2.05, 4.69) is 16.0 Å². The first-order chi connectivity index (χ1) is 18.3. The highest BCUT2D eigenvalue weighted by molar-refractivity contribution is 7.98. The first kappa shape index (κ1) is 30.5. The van der Waals surface area contributed by atoms with Gasteiger partial charge in [-0.15, -0.1) is 11.8 Å². The second-order valence-corrected chi connectivity index (χ2v) is 12.3. The molecule has 0 unspecified atom stereocenters. The smallest absolute Gasteiger partial charge is 0.354 e. The van der Waals surface area contributed by atoms with E-state index < -0.39 is 51.9 Å². The van der Waals surface area contributed by atoms with Crippen LogP contribution < -0.4 is 16.0 Å². The van der Waals surface area contributed by atoms with Crippen molar-refractivity contribution in [3.63, 3.8) is 0 Å². The fraction of sp³-hybridized carbons (Fsp3) is 0.423. The first-order valence-electron chi connectivity index (χ1n) is 12.2. The number of nitrogens with one attached hydrogen (secondary N) is 3. The van der Waals surface area contributed by atoms with Crippen LogP contribution in [0.4, 0.5) is 13.2 Å². The minimum absolute atomic E-state index is 0.169. The summed E-state index contributed by atoms with van der Waals surface area (Å²) in [6.07, 6.45) is -1.49. The summed E-state index contributed by atoms with van der Waals surface area (Å²) in [6.45, 7) is 0.845. The van der Waals surface area contributed by atoms with Crippen molar-refractivity contribution in [3.05, 3.63) is 59.7 Å². The number of thioether (sulfide) groups is 1. The van der Waals surface area contributed by atoms with E-state index >= 15 is 0 Å². The Balaban J connectivity index is 1.68. The molecular weight excluding hydrogens is 555 g/mol. The number of alkyl halides is 3. The third-order valence-corrected chi connectivity index (χ3v) is 9.06. The van der Waals surface area contributed by atoms with Gasteiger partial charge in [0.1, 0.15) is 0 Å². The van der Waals surface area contributed by atoms with Crippen LogP contribution in [0.15, 0.2) is 58.3 Å². The molecule has 0 heterocycles. The summed E-state index contributed by atoms with van der Waals surface area (Å²) in [5, 5.41) is 7.85. The van der Waals surface area contributed by atoms with Crippen molar-refractivity contribution in [2.45, 2.75) is 54.2 Å². The van der Waals surface area contributed by atoms with Gasteiger partial charge in [0, 0.05) is 29.5 Å². The summed E-state index contributed by atoms with van der Waals surface area (Å²) in [5.41, 5.74) is -1.24. The van der Waals surface area contributed by atoms with Crippen molar-refractivity contribution in [1.82, 2.24) is 16.0 Å². The second kappa shape index (κ2) is 12.9. The molecule has 0 spiro atoms. The van der Waals surface area contributed by atoms with Crippen LogP contribution in [0, 0.1) is 5.92 Å². The van der Waals surface area contributed by atoms with Crippen molar-refractivity contribution in [1.29, 1.82) is 0 Å². The minimum atomic E-state index is -4.62. The summed E-state index contributed by atoms with van der Waals surface area (Å²) in [5.74, 6) is -2.42. The van der Waals surface area contributed by atoms with Crippen LogP contribution in [-0.2, 0) is 25.6 Å². The molecule has 2 aromatic carbocycles.